The van der Waals surface area contributed by atoms with Crippen LogP contribution in [0, 0.1) is 12.7 Å². The van der Waals surface area contributed by atoms with Gasteiger partial charge in [-0.3, -0.25) is 9.59 Å². The molecule has 0 aromatic heterocycles. The van der Waals surface area contributed by atoms with E-state index in [1.807, 2.05) is 0 Å². The van der Waals surface area contributed by atoms with Crippen LogP contribution in [0.3, 0.4) is 0 Å². The molecule has 1 aliphatic heterocycles. The van der Waals surface area contributed by atoms with E-state index < -0.39 is 27.8 Å². The zero-order chi connectivity index (χ0) is 21.2. The number of hydrogen-bond acceptors (Lipinski definition) is 4. The number of hydrogen-bond donors (Lipinski definition) is 1. The van der Waals surface area contributed by atoms with Gasteiger partial charge in [-0.1, -0.05) is 24.6 Å². The largest absolute Gasteiger partial charge is 0.322 e. The van der Waals surface area contributed by atoms with Crippen molar-refractivity contribution in [1.82, 2.24) is 4.31 Å². The van der Waals surface area contributed by atoms with Crippen molar-refractivity contribution in [2.45, 2.75) is 44.0 Å². The molecule has 6 nitrogen and oxygen atoms in total. The highest BCUT2D eigenvalue weighted by Crippen LogP contribution is 2.27. The molecular formula is C21H23FN2O4S. The minimum atomic E-state index is -3.94. The summed E-state index contributed by atoms with van der Waals surface area (Å²) in [5, 5.41) is 2.52. The number of anilines is 1. The van der Waals surface area contributed by atoms with Crippen LogP contribution in [0.1, 0.15) is 42.1 Å². The van der Waals surface area contributed by atoms with Crippen LogP contribution in [0.5, 0.6) is 0 Å². The van der Waals surface area contributed by atoms with Gasteiger partial charge in [0.25, 0.3) is 0 Å². The molecule has 3 rings (SSSR count). The van der Waals surface area contributed by atoms with Gasteiger partial charge in [0.15, 0.2) is 5.78 Å². The fourth-order valence-electron chi connectivity index (χ4n) is 3.39. The van der Waals surface area contributed by atoms with E-state index in [4.69, 9.17) is 0 Å². The molecule has 2 aromatic carbocycles. The summed E-state index contributed by atoms with van der Waals surface area (Å²) in [6.07, 6.45) is 1.68. The van der Waals surface area contributed by atoms with Crippen LogP contribution in [0.25, 0.3) is 0 Å². The summed E-state index contributed by atoms with van der Waals surface area (Å²) in [6.45, 7) is 3.34. The molecule has 1 N–H and O–H groups in total. The van der Waals surface area contributed by atoms with Crippen molar-refractivity contribution in [2.75, 3.05) is 11.9 Å². The maximum Gasteiger partial charge on any atom is 0.243 e. The van der Waals surface area contributed by atoms with Crippen molar-refractivity contribution in [3.05, 3.63) is 59.4 Å². The first-order chi connectivity index (χ1) is 13.7. The molecule has 0 radical (unpaired) electrons. The Balaban J connectivity index is 1.86. The minimum Gasteiger partial charge on any atom is -0.322 e. The van der Waals surface area contributed by atoms with Gasteiger partial charge in [-0.05, 0) is 56.5 Å². The van der Waals surface area contributed by atoms with Crippen LogP contribution in [0.4, 0.5) is 10.1 Å². The summed E-state index contributed by atoms with van der Waals surface area (Å²) < 4.78 is 41.5. The van der Waals surface area contributed by atoms with Crippen LogP contribution in [0.15, 0.2) is 47.4 Å². The number of aryl methyl sites for hydroxylation is 1. The van der Waals surface area contributed by atoms with E-state index in [1.54, 1.807) is 13.0 Å². The lowest BCUT2D eigenvalue weighted by Crippen LogP contribution is -2.49. The molecule has 1 heterocycles. The van der Waals surface area contributed by atoms with Gasteiger partial charge in [-0.2, -0.15) is 4.31 Å². The average Bonchev–Trinajstić information content (AvgIpc) is 2.70. The quantitative estimate of drug-likeness (QED) is 0.753. The molecule has 1 unspecified atom stereocenters. The Bertz CT molecular complexity index is 1040. The van der Waals surface area contributed by atoms with Crippen LogP contribution in [-0.4, -0.2) is 37.0 Å². The van der Waals surface area contributed by atoms with Crippen molar-refractivity contribution in [3.8, 4) is 0 Å². The fourth-order valence-corrected chi connectivity index (χ4v) is 5.05. The fraction of sp³-hybridized carbons (Fsp3) is 0.333. The lowest BCUT2D eigenvalue weighted by atomic mass is 10.0. The summed E-state index contributed by atoms with van der Waals surface area (Å²) in [4.78, 5) is 24.3. The van der Waals surface area contributed by atoms with E-state index in [0.717, 1.165) is 5.56 Å². The first kappa shape index (κ1) is 21.1. The van der Waals surface area contributed by atoms with Crippen molar-refractivity contribution in [2.24, 2.45) is 0 Å². The molecule has 0 bridgehead atoms. The van der Waals surface area contributed by atoms with Crippen molar-refractivity contribution < 1.29 is 22.4 Å². The third kappa shape index (κ3) is 4.54. The van der Waals surface area contributed by atoms with Crippen LogP contribution in [0.2, 0.25) is 0 Å². The maximum absolute atomic E-state index is 14.1. The second-order valence-electron chi connectivity index (χ2n) is 7.18. The number of sulfonamides is 1. The average molecular weight is 418 g/mol. The molecular weight excluding hydrogens is 395 g/mol. The molecule has 1 aliphatic rings. The van der Waals surface area contributed by atoms with Gasteiger partial charge < -0.3 is 5.32 Å². The zero-order valence-corrected chi connectivity index (χ0v) is 17.1. The first-order valence-corrected chi connectivity index (χ1v) is 10.8. The summed E-state index contributed by atoms with van der Waals surface area (Å²) in [6, 6.07) is 9.16. The number of rotatable bonds is 5. The molecule has 0 spiro atoms. The number of nitrogens with zero attached hydrogens (tertiary/aromatic N) is 1. The Hall–Kier alpha value is -2.58. The molecule has 1 saturated heterocycles. The molecule has 0 saturated carbocycles. The topological polar surface area (TPSA) is 83.6 Å². The Morgan fingerprint density at radius 3 is 2.41 bits per heavy atom. The van der Waals surface area contributed by atoms with E-state index in [-0.39, 0.29) is 22.9 Å². The second-order valence-corrected chi connectivity index (χ2v) is 9.07. The van der Waals surface area contributed by atoms with E-state index in [1.165, 1.54) is 47.6 Å². The number of Topliss-reactive ketones (excluding diaryl/α,β-unsaturated/α-hetero) is 1. The summed E-state index contributed by atoms with van der Waals surface area (Å²) >= 11 is 0. The highest BCUT2D eigenvalue weighted by atomic mass is 32.2. The summed E-state index contributed by atoms with van der Waals surface area (Å²) in [5.41, 5.74) is 1.15. The Morgan fingerprint density at radius 2 is 1.79 bits per heavy atom. The van der Waals surface area contributed by atoms with Gasteiger partial charge in [-0.15, -0.1) is 0 Å². The third-order valence-electron chi connectivity index (χ3n) is 5.01. The van der Waals surface area contributed by atoms with Crippen molar-refractivity contribution >= 4 is 27.4 Å². The molecule has 8 heteroatoms. The number of carbonyl (C=O) groups is 2. The van der Waals surface area contributed by atoms with Crippen LogP contribution in [-0.2, 0) is 14.8 Å². The molecule has 1 amide bonds. The number of benzene rings is 2. The number of carbonyl (C=O) groups excluding carboxylic acids is 2. The van der Waals surface area contributed by atoms with Gasteiger partial charge in [0, 0.05) is 12.1 Å². The number of halogens is 1. The lowest BCUT2D eigenvalue weighted by molar-refractivity contribution is -0.120. The van der Waals surface area contributed by atoms with Gasteiger partial charge in [0.2, 0.25) is 15.9 Å². The van der Waals surface area contributed by atoms with Crippen molar-refractivity contribution in [3.63, 3.8) is 0 Å². The summed E-state index contributed by atoms with van der Waals surface area (Å²) in [7, 11) is -3.94. The first-order valence-electron chi connectivity index (χ1n) is 9.40. The number of nitrogens with one attached hydrogen (secondary N) is 1. The monoisotopic (exact) mass is 418 g/mol. The lowest BCUT2D eigenvalue weighted by Gasteiger charge is -2.33. The third-order valence-corrected chi connectivity index (χ3v) is 6.93. The smallest absolute Gasteiger partial charge is 0.243 e. The zero-order valence-electron chi connectivity index (χ0n) is 16.3. The van der Waals surface area contributed by atoms with E-state index in [0.29, 0.717) is 24.8 Å². The normalized spacial score (nSPS) is 17.7. The van der Waals surface area contributed by atoms with Crippen molar-refractivity contribution in [1.29, 1.82) is 0 Å². The second kappa shape index (κ2) is 8.42. The van der Waals surface area contributed by atoms with Gasteiger partial charge in [0.05, 0.1) is 10.6 Å². The van der Waals surface area contributed by atoms with E-state index in [2.05, 4.69) is 5.32 Å². The molecule has 154 valence electrons. The van der Waals surface area contributed by atoms with Gasteiger partial charge >= 0.3 is 0 Å². The predicted octanol–water partition coefficient (Wildman–Crippen LogP) is 3.52. The standard InChI is InChI=1S/C21H23FN2O4S/c1-14-6-11-19(18(22)13-14)23-21(26)20-5-3-4-12-24(20)29(27,28)17-9-7-16(8-10-17)15(2)25/h6-11,13,20H,3-5,12H2,1-2H3,(H,23,26). The summed E-state index contributed by atoms with van der Waals surface area (Å²) in [5.74, 6) is -1.29. The molecule has 29 heavy (non-hydrogen) atoms. The highest BCUT2D eigenvalue weighted by molar-refractivity contribution is 7.89. The molecule has 1 fully saturated rings. The SMILES string of the molecule is CC(=O)c1ccc(S(=O)(=O)N2CCCCC2C(=O)Nc2ccc(C)cc2F)cc1. The molecule has 1 atom stereocenters. The maximum atomic E-state index is 14.1. The van der Waals surface area contributed by atoms with E-state index >= 15 is 0 Å². The number of amides is 1. The minimum absolute atomic E-state index is 0.0173. The number of ketones is 1. The highest BCUT2D eigenvalue weighted by Gasteiger charge is 2.37. The van der Waals surface area contributed by atoms with Crippen LogP contribution >= 0.6 is 0 Å². The van der Waals surface area contributed by atoms with E-state index in [9.17, 15) is 22.4 Å². The molecule has 0 aliphatic carbocycles. The number of piperidine rings is 1. The Kier molecular flexibility index (Phi) is 6.14. The van der Waals surface area contributed by atoms with Gasteiger partial charge in [-0.25, -0.2) is 12.8 Å². The molecule has 2 aromatic rings. The Labute approximate surface area is 169 Å². The predicted molar refractivity (Wildman–Crippen MR) is 108 cm³/mol. The van der Waals surface area contributed by atoms with Crippen LogP contribution < -0.4 is 5.32 Å². The van der Waals surface area contributed by atoms with Gasteiger partial charge in [0.1, 0.15) is 11.9 Å². The Morgan fingerprint density at radius 1 is 1.10 bits per heavy atom.